The number of anilines is 1. The van der Waals surface area contributed by atoms with Gasteiger partial charge in [0.15, 0.2) is 0 Å². The lowest BCUT2D eigenvalue weighted by Crippen LogP contribution is -2.34. The Morgan fingerprint density at radius 3 is 2.86 bits per heavy atom. The topological polar surface area (TPSA) is 74.8 Å². The predicted octanol–water partition coefficient (Wildman–Crippen LogP) is 1.33. The van der Waals surface area contributed by atoms with Crippen molar-refractivity contribution in [1.82, 2.24) is 14.5 Å². The Labute approximate surface area is 122 Å². The Balaban J connectivity index is 2.11. The molecule has 2 aromatic heterocycles. The number of pyridine rings is 1. The fourth-order valence-electron chi connectivity index (χ4n) is 2.60. The first-order chi connectivity index (χ1) is 10.2. The largest absolute Gasteiger partial charge is 0.326 e. The van der Waals surface area contributed by atoms with Gasteiger partial charge in [-0.05, 0) is 25.0 Å². The SMILES string of the molecule is Cn1c(N2CCC[C@@H]2C#N)nc(-c2ccncc2)cc1=O. The number of hydrogen-bond acceptors (Lipinski definition) is 5. The lowest BCUT2D eigenvalue weighted by atomic mass is 10.2. The summed E-state index contributed by atoms with van der Waals surface area (Å²) in [7, 11) is 1.69. The van der Waals surface area contributed by atoms with Crippen molar-refractivity contribution < 1.29 is 0 Å². The molecule has 1 fully saturated rings. The van der Waals surface area contributed by atoms with Crippen LogP contribution >= 0.6 is 0 Å². The number of aromatic nitrogens is 3. The normalized spacial score (nSPS) is 17.7. The minimum absolute atomic E-state index is 0.129. The van der Waals surface area contributed by atoms with E-state index in [1.54, 1.807) is 19.4 Å². The molecule has 3 heterocycles. The van der Waals surface area contributed by atoms with E-state index in [0.29, 0.717) is 11.6 Å². The number of hydrogen-bond donors (Lipinski definition) is 0. The third-order valence-electron chi connectivity index (χ3n) is 3.75. The number of rotatable bonds is 2. The van der Waals surface area contributed by atoms with E-state index < -0.39 is 0 Å². The molecule has 1 atom stereocenters. The zero-order chi connectivity index (χ0) is 14.8. The molecule has 0 radical (unpaired) electrons. The zero-order valence-corrected chi connectivity index (χ0v) is 11.7. The van der Waals surface area contributed by atoms with Crippen LogP contribution in [-0.4, -0.2) is 27.1 Å². The summed E-state index contributed by atoms with van der Waals surface area (Å²) in [5.74, 6) is 0.554. The van der Waals surface area contributed by atoms with Gasteiger partial charge in [-0.3, -0.25) is 14.3 Å². The lowest BCUT2D eigenvalue weighted by molar-refractivity contribution is 0.727. The molecule has 106 valence electrons. The second-order valence-electron chi connectivity index (χ2n) is 5.06. The van der Waals surface area contributed by atoms with Gasteiger partial charge >= 0.3 is 0 Å². The van der Waals surface area contributed by atoms with E-state index in [1.165, 1.54) is 10.6 Å². The van der Waals surface area contributed by atoms with Crippen molar-refractivity contribution >= 4 is 5.95 Å². The quantitative estimate of drug-likeness (QED) is 0.830. The summed E-state index contributed by atoms with van der Waals surface area (Å²) in [6.07, 6.45) is 5.09. The molecule has 21 heavy (non-hydrogen) atoms. The summed E-state index contributed by atoms with van der Waals surface area (Å²) < 4.78 is 1.50. The summed E-state index contributed by atoms with van der Waals surface area (Å²) in [6, 6.07) is 7.21. The van der Waals surface area contributed by atoms with Gasteiger partial charge in [0.2, 0.25) is 5.95 Å². The average molecular weight is 281 g/mol. The van der Waals surface area contributed by atoms with Crippen LogP contribution in [0.15, 0.2) is 35.4 Å². The zero-order valence-electron chi connectivity index (χ0n) is 11.7. The Kier molecular flexibility index (Phi) is 3.40. The Morgan fingerprint density at radius 2 is 2.14 bits per heavy atom. The van der Waals surface area contributed by atoms with Crippen molar-refractivity contribution in [1.29, 1.82) is 5.26 Å². The molecule has 0 saturated carbocycles. The molecule has 3 rings (SSSR count). The Hall–Kier alpha value is -2.68. The van der Waals surface area contributed by atoms with Gasteiger partial charge in [0.25, 0.3) is 5.56 Å². The first-order valence-electron chi connectivity index (χ1n) is 6.85. The van der Waals surface area contributed by atoms with E-state index in [0.717, 1.165) is 24.9 Å². The van der Waals surface area contributed by atoms with Crippen LogP contribution in [0.1, 0.15) is 12.8 Å². The summed E-state index contributed by atoms with van der Waals surface area (Å²) >= 11 is 0. The van der Waals surface area contributed by atoms with Crippen molar-refractivity contribution in [2.75, 3.05) is 11.4 Å². The molecule has 0 aliphatic carbocycles. The number of nitriles is 1. The molecule has 0 amide bonds. The fraction of sp³-hybridized carbons (Fsp3) is 0.333. The van der Waals surface area contributed by atoms with Gasteiger partial charge in [-0.25, -0.2) is 4.98 Å². The highest BCUT2D eigenvalue weighted by Crippen LogP contribution is 2.24. The smallest absolute Gasteiger partial charge is 0.255 e. The molecule has 6 nitrogen and oxygen atoms in total. The molecule has 1 saturated heterocycles. The van der Waals surface area contributed by atoms with E-state index in [9.17, 15) is 10.1 Å². The molecular weight excluding hydrogens is 266 g/mol. The van der Waals surface area contributed by atoms with Crippen LogP contribution in [0.3, 0.4) is 0 Å². The molecule has 2 aromatic rings. The highest BCUT2D eigenvalue weighted by Gasteiger charge is 2.27. The lowest BCUT2D eigenvalue weighted by Gasteiger charge is -2.23. The summed E-state index contributed by atoms with van der Waals surface area (Å²) in [5.41, 5.74) is 1.33. The molecule has 0 unspecified atom stereocenters. The molecule has 0 aromatic carbocycles. The molecule has 0 bridgehead atoms. The maximum Gasteiger partial charge on any atom is 0.255 e. The first-order valence-corrected chi connectivity index (χ1v) is 6.85. The van der Waals surface area contributed by atoms with E-state index in [2.05, 4.69) is 16.0 Å². The van der Waals surface area contributed by atoms with E-state index in [1.807, 2.05) is 17.0 Å². The van der Waals surface area contributed by atoms with Gasteiger partial charge in [-0.2, -0.15) is 5.26 Å². The van der Waals surface area contributed by atoms with E-state index in [-0.39, 0.29) is 11.6 Å². The van der Waals surface area contributed by atoms with Crippen molar-refractivity contribution in [3.8, 4) is 17.3 Å². The Morgan fingerprint density at radius 1 is 1.38 bits per heavy atom. The van der Waals surface area contributed by atoms with Crippen molar-refractivity contribution in [2.24, 2.45) is 7.05 Å². The molecule has 0 spiro atoms. The van der Waals surface area contributed by atoms with Crippen LogP contribution < -0.4 is 10.5 Å². The van der Waals surface area contributed by atoms with Crippen LogP contribution in [0.25, 0.3) is 11.3 Å². The van der Waals surface area contributed by atoms with Crippen molar-refractivity contribution in [3.63, 3.8) is 0 Å². The van der Waals surface area contributed by atoms with Crippen molar-refractivity contribution in [3.05, 3.63) is 40.9 Å². The van der Waals surface area contributed by atoms with Gasteiger partial charge in [-0.15, -0.1) is 0 Å². The van der Waals surface area contributed by atoms with Crippen LogP contribution in [0.5, 0.6) is 0 Å². The Bertz CT molecular complexity index is 747. The highest BCUT2D eigenvalue weighted by molar-refractivity contribution is 5.59. The van der Waals surface area contributed by atoms with Crippen molar-refractivity contribution in [2.45, 2.75) is 18.9 Å². The second-order valence-corrected chi connectivity index (χ2v) is 5.06. The second kappa shape index (κ2) is 5.37. The van der Waals surface area contributed by atoms with E-state index >= 15 is 0 Å². The molecule has 1 aliphatic rings. The summed E-state index contributed by atoms with van der Waals surface area (Å²) in [6.45, 7) is 0.748. The molecule has 0 N–H and O–H groups in total. The third kappa shape index (κ3) is 2.38. The highest BCUT2D eigenvalue weighted by atomic mass is 16.1. The summed E-state index contributed by atoms with van der Waals surface area (Å²) in [4.78, 5) is 22.7. The van der Waals surface area contributed by atoms with Gasteiger partial charge in [-0.1, -0.05) is 0 Å². The minimum atomic E-state index is -0.212. The van der Waals surface area contributed by atoms with Crippen LogP contribution in [0.2, 0.25) is 0 Å². The van der Waals surface area contributed by atoms with Gasteiger partial charge < -0.3 is 4.90 Å². The van der Waals surface area contributed by atoms with Crippen LogP contribution in [0, 0.1) is 11.3 Å². The molecular formula is C15H15N5O. The maximum absolute atomic E-state index is 12.2. The fourth-order valence-corrected chi connectivity index (χ4v) is 2.60. The van der Waals surface area contributed by atoms with Gasteiger partial charge in [0.05, 0.1) is 11.8 Å². The molecule has 6 heteroatoms. The summed E-state index contributed by atoms with van der Waals surface area (Å²) in [5, 5.41) is 9.23. The van der Waals surface area contributed by atoms with E-state index in [4.69, 9.17) is 0 Å². The van der Waals surface area contributed by atoms with Gasteiger partial charge in [0.1, 0.15) is 6.04 Å². The predicted molar refractivity (Wildman–Crippen MR) is 78.7 cm³/mol. The standard InChI is InChI=1S/C15H15N5O/c1-19-14(21)9-13(11-4-6-17-7-5-11)18-15(19)20-8-2-3-12(20)10-16/h4-7,9,12H,2-3,8H2,1H3/t12-/m1/s1. The third-order valence-corrected chi connectivity index (χ3v) is 3.75. The molecule has 1 aliphatic heterocycles. The monoisotopic (exact) mass is 281 g/mol. The average Bonchev–Trinajstić information content (AvgIpc) is 2.99. The number of nitrogens with zero attached hydrogens (tertiary/aromatic N) is 5. The van der Waals surface area contributed by atoms with Crippen LogP contribution in [-0.2, 0) is 7.05 Å². The first kappa shape index (κ1) is 13.3. The minimum Gasteiger partial charge on any atom is -0.326 e. The van der Waals surface area contributed by atoms with Crippen LogP contribution in [0.4, 0.5) is 5.95 Å². The maximum atomic E-state index is 12.2. The van der Waals surface area contributed by atoms with Gasteiger partial charge in [0, 0.05) is 37.6 Å².